The van der Waals surface area contributed by atoms with Gasteiger partial charge in [-0.1, -0.05) is 12.1 Å². The summed E-state index contributed by atoms with van der Waals surface area (Å²) in [5, 5.41) is 3.61. The molecule has 2 unspecified atom stereocenters. The fraction of sp³-hybridized carbons (Fsp3) is 0.647. The van der Waals surface area contributed by atoms with Crippen LogP contribution in [0.1, 0.15) is 32.3 Å². The Morgan fingerprint density at radius 3 is 2.95 bits per heavy atom. The molecule has 0 aliphatic carbocycles. The smallest absolute Gasteiger partial charge is 0.0726 e. The molecule has 0 radical (unpaired) electrons. The highest BCUT2D eigenvalue weighted by Crippen LogP contribution is 2.16. The maximum atomic E-state index is 5.72. The van der Waals surface area contributed by atoms with E-state index in [4.69, 9.17) is 4.74 Å². The van der Waals surface area contributed by atoms with Crippen LogP contribution in [0.2, 0.25) is 0 Å². The van der Waals surface area contributed by atoms with Gasteiger partial charge in [-0.3, -0.25) is 0 Å². The first-order chi connectivity index (χ1) is 9.70. The number of anilines is 1. The minimum atomic E-state index is 0.407. The molecule has 1 aliphatic rings. The van der Waals surface area contributed by atoms with Crippen molar-refractivity contribution >= 4 is 5.69 Å². The van der Waals surface area contributed by atoms with Gasteiger partial charge in [0.15, 0.2) is 0 Å². The highest BCUT2D eigenvalue weighted by molar-refractivity contribution is 5.48. The summed E-state index contributed by atoms with van der Waals surface area (Å²) < 4.78 is 5.72. The molecule has 0 spiro atoms. The zero-order chi connectivity index (χ0) is 14.4. The average molecular weight is 276 g/mol. The molecule has 0 saturated carbocycles. The molecule has 0 amide bonds. The van der Waals surface area contributed by atoms with E-state index in [1.807, 2.05) is 0 Å². The molecule has 1 N–H and O–H groups in total. The molecule has 0 aromatic heterocycles. The molecular weight excluding hydrogens is 248 g/mol. The standard InChI is InChI=1S/C17H28N2O/c1-4-19(16-8-5-7-14(2)13-16)11-10-18-15(3)17-9-6-12-20-17/h5,7-8,13,15,17-18H,4,6,9-12H2,1-3H3. The molecule has 1 fully saturated rings. The third kappa shape index (κ3) is 4.22. The first kappa shape index (κ1) is 15.3. The molecule has 1 aromatic rings. The lowest BCUT2D eigenvalue weighted by atomic mass is 10.1. The lowest BCUT2D eigenvalue weighted by Crippen LogP contribution is -2.41. The first-order valence-corrected chi connectivity index (χ1v) is 7.87. The van der Waals surface area contributed by atoms with Crippen molar-refractivity contribution in [3.63, 3.8) is 0 Å². The molecule has 1 aromatic carbocycles. The fourth-order valence-corrected chi connectivity index (χ4v) is 2.85. The van der Waals surface area contributed by atoms with Crippen LogP contribution in [0.3, 0.4) is 0 Å². The van der Waals surface area contributed by atoms with Crippen molar-refractivity contribution < 1.29 is 4.74 Å². The van der Waals surface area contributed by atoms with Gasteiger partial charge < -0.3 is 15.0 Å². The molecule has 3 heteroatoms. The van der Waals surface area contributed by atoms with Crippen LogP contribution in [0.15, 0.2) is 24.3 Å². The van der Waals surface area contributed by atoms with Crippen LogP contribution in [0.4, 0.5) is 5.69 Å². The second-order valence-corrected chi connectivity index (χ2v) is 5.71. The van der Waals surface area contributed by atoms with Gasteiger partial charge in [0.2, 0.25) is 0 Å². The third-order valence-corrected chi connectivity index (χ3v) is 4.12. The highest BCUT2D eigenvalue weighted by Gasteiger charge is 2.21. The number of benzene rings is 1. The number of rotatable bonds is 7. The Morgan fingerprint density at radius 2 is 2.30 bits per heavy atom. The van der Waals surface area contributed by atoms with Crippen LogP contribution in [-0.4, -0.2) is 38.4 Å². The zero-order valence-electron chi connectivity index (χ0n) is 13.1. The van der Waals surface area contributed by atoms with Crippen LogP contribution in [0.25, 0.3) is 0 Å². The monoisotopic (exact) mass is 276 g/mol. The maximum Gasteiger partial charge on any atom is 0.0726 e. The summed E-state index contributed by atoms with van der Waals surface area (Å²) in [6, 6.07) is 9.19. The maximum absolute atomic E-state index is 5.72. The second kappa shape index (κ2) is 7.65. The van der Waals surface area contributed by atoms with E-state index in [1.54, 1.807) is 0 Å². The number of likely N-dealkylation sites (N-methyl/N-ethyl adjacent to an activating group) is 1. The summed E-state index contributed by atoms with van der Waals surface area (Å²) in [7, 11) is 0. The average Bonchev–Trinajstić information content (AvgIpc) is 2.97. The molecular formula is C17H28N2O. The molecule has 1 aliphatic heterocycles. The number of aryl methyl sites for hydroxylation is 1. The van der Waals surface area contributed by atoms with E-state index in [0.717, 1.165) is 26.2 Å². The van der Waals surface area contributed by atoms with Crippen LogP contribution in [-0.2, 0) is 4.74 Å². The Kier molecular flexibility index (Phi) is 5.86. The third-order valence-electron chi connectivity index (χ3n) is 4.12. The van der Waals surface area contributed by atoms with Gasteiger partial charge in [-0.25, -0.2) is 0 Å². The second-order valence-electron chi connectivity index (χ2n) is 5.71. The minimum absolute atomic E-state index is 0.407. The van der Waals surface area contributed by atoms with E-state index < -0.39 is 0 Å². The first-order valence-electron chi connectivity index (χ1n) is 7.87. The predicted molar refractivity (Wildman–Crippen MR) is 85.5 cm³/mol. The lowest BCUT2D eigenvalue weighted by Gasteiger charge is -2.26. The summed E-state index contributed by atoms with van der Waals surface area (Å²) in [5.74, 6) is 0. The van der Waals surface area contributed by atoms with E-state index in [0.29, 0.717) is 12.1 Å². The van der Waals surface area contributed by atoms with Gasteiger partial charge in [0.25, 0.3) is 0 Å². The van der Waals surface area contributed by atoms with Crippen LogP contribution >= 0.6 is 0 Å². The molecule has 0 bridgehead atoms. The van der Waals surface area contributed by atoms with Gasteiger partial charge in [-0.05, 0) is 51.3 Å². The molecule has 112 valence electrons. The van der Waals surface area contributed by atoms with Gasteiger partial charge in [0.05, 0.1) is 6.10 Å². The highest BCUT2D eigenvalue weighted by atomic mass is 16.5. The number of nitrogens with zero attached hydrogens (tertiary/aromatic N) is 1. The van der Waals surface area contributed by atoms with Crippen molar-refractivity contribution in [3.8, 4) is 0 Å². The van der Waals surface area contributed by atoms with Gasteiger partial charge in [-0.2, -0.15) is 0 Å². The van der Waals surface area contributed by atoms with E-state index >= 15 is 0 Å². The van der Waals surface area contributed by atoms with Gasteiger partial charge in [0.1, 0.15) is 0 Å². The summed E-state index contributed by atoms with van der Waals surface area (Å²) in [6.45, 7) is 10.6. The number of nitrogens with one attached hydrogen (secondary N) is 1. The topological polar surface area (TPSA) is 24.5 Å². The Balaban J connectivity index is 1.79. The van der Waals surface area contributed by atoms with E-state index in [2.05, 4.69) is 55.3 Å². The fourth-order valence-electron chi connectivity index (χ4n) is 2.85. The molecule has 1 heterocycles. The van der Waals surface area contributed by atoms with Gasteiger partial charge in [0, 0.05) is 38.0 Å². The van der Waals surface area contributed by atoms with Crippen molar-refractivity contribution in [1.82, 2.24) is 5.32 Å². The van der Waals surface area contributed by atoms with E-state index in [9.17, 15) is 0 Å². The zero-order valence-corrected chi connectivity index (χ0v) is 13.1. The van der Waals surface area contributed by atoms with E-state index in [1.165, 1.54) is 24.1 Å². The SMILES string of the molecule is CCN(CCNC(C)C1CCCO1)c1cccc(C)c1. The Bertz CT molecular complexity index is 402. The quantitative estimate of drug-likeness (QED) is 0.828. The molecule has 20 heavy (non-hydrogen) atoms. The number of hydrogen-bond acceptors (Lipinski definition) is 3. The van der Waals surface area contributed by atoms with Crippen LogP contribution in [0, 0.1) is 6.92 Å². The van der Waals surface area contributed by atoms with Crippen molar-refractivity contribution in [2.24, 2.45) is 0 Å². The van der Waals surface area contributed by atoms with Gasteiger partial charge >= 0.3 is 0 Å². The largest absolute Gasteiger partial charge is 0.377 e. The summed E-state index contributed by atoms with van der Waals surface area (Å²) in [5.41, 5.74) is 2.64. The van der Waals surface area contributed by atoms with Crippen molar-refractivity contribution in [2.45, 2.75) is 45.8 Å². The Labute approximate surface area is 123 Å². The number of hydrogen-bond donors (Lipinski definition) is 1. The van der Waals surface area contributed by atoms with Gasteiger partial charge in [-0.15, -0.1) is 0 Å². The summed E-state index contributed by atoms with van der Waals surface area (Å²) >= 11 is 0. The molecule has 3 nitrogen and oxygen atoms in total. The summed E-state index contributed by atoms with van der Waals surface area (Å²) in [4.78, 5) is 2.42. The van der Waals surface area contributed by atoms with Crippen molar-refractivity contribution in [2.75, 3.05) is 31.1 Å². The lowest BCUT2D eigenvalue weighted by molar-refractivity contribution is 0.0841. The predicted octanol–water partition coefficient (Wildman–Crippen LogP) is 2.98. The van der Waals surface area contributed by atoms with Crippen molar-refractivity contribution in [3.05, 3.63) is 29.8 Å². The van der Waals surface area contributed by atoms with E-state index in [-0.39, 0.29) is 0 Å². The molecule has 1 saturated heterocycles. The Morgan fingerprint density at radius 1 is 1.45 bits per heavy atom. The normalized spacial score (nSPS) is 20.1. The molecule has 2 atom stereocenters. The number of ether oxygens (including phenoxy) is 1. The van der Waals surface area contributed by atoms with Crippen LogP contribution in [0.5, 0.6) is 0 Å². The minimum Gasteiger partial charge on any atom is -0.377 e. The Hall–Kier alpha value is -1.06. The molecule has 2 rings (SSSR count). The summed E-state index contributed by atoms with van der Waals surface area (Å²) in [6.07, 6.45) is 2.81. The van der Waals surface area contributed by atoms with Crippen LogP contribution < -0.4 is 10.2 Å². The van der Waals surface area contributed by atoms with Crippen molar-refractivity contribution in [1.29, 1.82) is 0 Å².